The molecule has 0 unspecified atom stereocenters. The molecule has 0 atom stereocenters. The molecule has 2 aliphatic rings. The van der Waals surface area contributed by atoms with Gasteiger partial charge in [-0.2, -0.15) is 0 Å². The van der Waals surface area contributed by atoms with Crippen LogP contribution in [0.25, 0.3) is 6.08 Å². The van der Waals surface area contributed by atoms with Crippen LogP contribution in [-0.4, -0.2) is 21.9 Å². The first-order valence-corrected chi connectivity index (χ1v) is 9.16. The number of thioether (sulfide) groups is 1. The molecule has 0 aromatic heterocycles. The lowest BCUT2D eigenvalue weighted by Gasteiger charge is -2.14. The molecule has 136 valence electrons. The fourth-order valence-electron chi connectivity index (χ4n) is 2.67. The van der Waals surface area contributed by atoms with Crippen molar-refractivity contribution in [1.82, 2.24) is 0 Å². The van der Waals surface area contributed by atoms with Gasteiger partial charge in [0.05, 0.1) is 27.1 Å². The Morgan fingerprint density at radius 3 is 2.70 bits per heavy atom. The summed E-state index contributed by atoms with van der Waals surface area (Å²) in [6.45, 7) is -0.00712. The fraction of sp³-hybridized carbons (Fsp3) is 0.0588. The van der Waals surface area contributed by atoms with Crippen molar-refractivity contribution in [2.24, 2.45) is 0 Å². The number of nitro benzene ring substituents is 1. The molecule has 10 heteroatoms. The molecular formula is C17H9ClN2O5S2. The first kappa shape index (κ1) is 17.8. The molecule has 0 bridgehead atoms. The number of nitrogens with zero attached hydrogens (tertiary/aromatic N) is 2. The summed E-state index contributed by atoms with van der Waals surface area (Å²) in [6, 6.07) is 9.50. The van der Waals surface area contributed by atoms with Gasteiger partial charge in [-0.3, -0.25) is 19.8 Å². The summed E-state index contributed by atoms with van der Waals surface area (Å²) in [5, 5.41) is 11.9. The highest BCUT2D eigenvalue weighted by Crippen LogP contribution is 2.41. The van der Waals surface area contributed by atoms with E-state index in [0.717, 1.165) is 11.8 Å². The highest BCUT2D eigenvalue weighted by Gasteiger charge is 2.34. The lowest BCUT2D eigenvalue weighted by atomic mass is 10.1. The Bertz CT molecular complexity index is 1040. The summed E-state index contributed by atoms with van der Waals surface area (Å²) in [5.41, 5.74) is 0.580. The summed E-state index contributed by atoms with van der Waals surface area (Å²) >= 11 is 12.4. The molecule has 1 saturated heterocycles. The van der Waals surface area contributed by atoms with Gasteiger partial charge in [-0.1, -0.05) is 41.6 Å². The third kappa shape index (κ3) is 3.25. The van der Waals surface area contributed by atoms with Gasteiger partial charge in [0.25, 0.3) is 11.6 Å². The SMILES string of the molecule is O=C1C(=Cc2cc3c(cc2[N+](=O)[O-])OCO3)SC(=S)N1c1cccc(Cl)c1. The second kappa shape index (κ2) is 6.84. The Labute approximate surface area is 167 Å². The number of ether oxygens (including phenoxy) is 2. The predicted molar refractivity (Wildman–Crippen MR) is 106 cm³/mol. The van der Waals surface area contributed by atoms with Crippen LogP contribution in [0.1, 0.15) is 5.56 Å². The van der Waals surface area contributed by atoms with E-state index in [9.17, 15) is 14.9 Å². The highest BCUT2D eigenvalue weighted by molar-refractivity contribution is 8.27. The number of anilines is 1. The van der Waals surface area contributed by atoms with Crippen LogP contribution < -0.4 is 14.4 Å². The minimum atomic E-state index is -0.536. The molecular weight excluding hydrogens is 412 g/mol. The maximum Gasteiger partial charge on any atom is 0.280 e. The van der Waals surface area contributed by atoms with Crippen LogP contribution in [-0.2, 0) is 4.79 Å². The van der Waals surface area contributed by atoms with Crippen molar-refractivity contribution in [3.8, 4) is 11.5 Å². The van der Waals surface area contributed by atoms with Crippen molar-refractivity contribution < 1.29 is 19.2 Å². The van der Waals surface area contributed by atoms with Gasteiger partial charge >= 0.3 is 0 Å². The minimum Gasteiger partial charge on any atom is -0.454 e. The largest absolute Gasteiger partial charge is 0.454 e. The molecule has 2 aromatic rings. The van der Waals surface area contributed by atoms with Gasteiger partial charge in [0, 0.05) is 5.02 Å². The molecule has 1 fully saturated rings. The maximum absolute atomic E-state index is 12.8. The Kier molecular flexibility index (Phi) is 4.50. The number of fused-ring (bicyclic) bond motifs is 1. The van der Waals surface area contributed by atoms with Crippen LogP contribution in [0.2, 0.25) is 5.02 Å². The van der Waals surface area contributed by atoms with Crippen LogP contribution in [0.3, 0.4) is 0 Å². The zero-order chi connectivity index (χ0) is 19.1. The van der Waals surface area contributed by atoms with Crippen LogP contribution >= 0.6 is 35.6 Å². The van der Waals surface area contributed by atoms with Crippen LogP contribution in [0.15, 0.2) is 41.3 Å². The maximum atomic E-state index is 12.8. The monoisotopic (exact) mass is 420 g/mol. The summed E-state index contributed by atoms with van der Waals surface area (Å²) in [6.07, 6.45) is 1.43. The Morgan fingerprint density at radius 2 is 2.00 bits per heavy atom. The molecule has 2 aliphatic heterocycles. The Hall–Kier alpha value is -2.62. The molecule has 0 aliphatic carbocycles. The van der Waals surface area contributed by atoms with Crippen molar-refractivity contribution in [3.05, 3.63) is 62.0 Å². The van der Waals surface area contributed by atoms with E-state index < -0.39 is 4.92 Å². The molecule has 0 radical (unpaired) electrons. The summed E-state index contributed by atoms with van der Waals surface area (Å²) in [5.74, 6) is 0.307. The predicted octanol–water partition coefficient (Wildman–Crippen LogP) is 4.38. The number of carbonyl (C=O) groups is 1. The van der Waals surface area contributed by atoms with Crippen LogP contribution in [0.4, 0.5) is 11.4 Å². The van der Waals surface area contributed by atoms with E-state index in [1.807, 2.05) is 0 Å². The smallest absolute Gasteiger partial charge is 0.280 e. The molecule has 0 saturated carbocycles. The van der Waals surface area contributed by atoms with Crippen molar-refractivity contribution >= 4 is 63.3 Å². The van der Waals surface area contributed by atoms with Gasteiger partial charge in [-0.15, -0.1) is 0 Å². The number of amides is 1. The number of hydrogen-bond acceptors (Lipinski definition) is 7. The third-order valence-corrected chi connectivity index (χ3v) is 5.40. The summed E-state index contributed by atoms with van der Waals surface area (Å²) < 4.78 is 10.8. The van der Waals surface area contributed by atoms with E-state index in [1.165, 1.54) is 23.1 Å². The normalized spacial score (nSPS) is 17.1. The second-order valence-electron chi connectivity index (χ2n) is 5.52. The minimum absolute atomic E-state index is 0.00712. The number of hydrogen-bond donors (Lipinski definition) is 0. The Morgan fingerprint density at radius 1 is 1.26 bits per heavy atom. The Balaban J connectivity index is 1.74. The van der Waals surface area contributed by atoms with E-state index in [0.29, 0.717) is 26.5 Å². The molecule has 0 N–H and O–H groups in total. The summed E-state index contributed by atoms with van der Waals surface area (Å²) in [4.78, 5) is 25.3. The zero-order valence-electron chi connectivity index (χ0n) is 13.4. The van der Waals surface area contributed by atoms with Crippen molar-refractivity contribution in [1.29, 1.82) is 0 Å². The fourth-order valence-corrected chi connectivity index (χ4v) is 4.14. The van der Waals surface area contributed by atoms with E-state index >= 15 is 0 Å². The van der Waals surface area contributed by atoms with Crippen molar-refractivity contribution in [3.63, 3.8) is 0 Å². The van der Waals surface area contributed by atoms with Gasteiger partial charge in [-0.05, 0) is 30.3 Å². The third-order valence-electron chi connectivity index (χ3n) is 3.87. The zero-order valence-corrected chi connectivity index (χ0v) is 15.8. The molecule has 4 rings (SSSR count). The van der Waals surface area contributed by atoms with Gasteiger partial charge in [0.15, 0.2) is 15.8 Å². The quantitative estimate of drug-likeness (QED) is 0.315. The van der Waals surface area contributed by atoms with E-state index in [2.05, 4.69) is 0 Å². The van der Waals surface area contributed by atoms with E-state index in [1.54, 1.807) is 24.3 Å². The molecule has 1 amide bonds. The van der Waals surface area contributed by atoms with Gasteiger partial charge in [-0.25, -0.2) is 0 Å². The van der Waals surface area contributed by atoms with E-state index in [-0.39, 0.29) is 28.9 Å². The average Bonchev–Trinajstić information content (AvgIpc) is 3.18. The molecule has 2 heterocycles. The topological polar surface area (TPSA) is 81.9 Å². The van der Waals surface area contributed by atoms with Gasteiger partial charge in [0.1, 0.15) is 0 Å². The number of thiocarbonyl (C=S) groups is 1. The van der Waals surface area contributed by atoms with Crippen LogP contribution in [0, 0.1) is 10.1 Å². The number of rotatable bonds is 3. The number of carbonyl (C=O) groups excluding carboxylic acids is 1. The standard InChI is InChI=1S/C17H9ClN2O5S2/c18-10-2-1-3-11(6-10)19-16(21)15(27-17(19)26)5-9-4-13-14(25-8-24-13)7-12(9)20(22)23/h1-7H,8H2. The first-order chi connectivity index (χ1) is 12.9. The number of nitro groups is 1. The second-order valence-corrected chi connectivity index (χ2v) is 7.63. The lowest BCUT2D eigenvalue weighted by molar-refractivity contribution is -0.385. The summed E-state index contributed by atoms with van der Waals surface area (Å²) in [7, 11) is 0. The van der Waals surface area contributed by atoms with E-state index in [4.69, 9.17) is 33.3 Å². The van der Waals surface area contributed by atoms with Crippen molar-refractivity contribution in [2.45, 2.75) is 0 Å². The van der Waals surface area contributed by atoms with Crippen molar-refractivity contribution in [2.75, 3.05) is 11.7 Å². The number of halogens is 1. The van der Waals surface area contributed by atoms with Gasteiger partial charge in [0.2, 0.25) is 6.79 Å². The average molecular weight is 421 g/mol. The highest BCUT2D eigenvalue weighted by atomic mass is 35.5. The van der Waals surface area contributed by atoms with Crippen LogP contribution in [0.5, 0.6) is 11.5 Å². The number of benzene rings is 2. The molecule has 27 heavy (non-hydrogen) atoms. The molecule has 2 aromatic carbocycles. The first-order valence-electron chi connectivity index (χ1n) is 7.55. The molecule has 7 nitrogen and oxygen atoms in total. The van der Waals surface area contributed by atoms with Gasteiger partial charge < -0.3 is 9.47 Å². The lowest BCUT2D eigenvalue weighted by Crippen LogP contribution is -2.27. The molecule has 0 spiro atoms.